The Bertz CT molecular complexity index is 1120. The van der Waals surface area contributed by atoms with Crippen LogP contribution in [-0.4, -0.2) is 18.1 Å². The Morgan fingerprint density at radius 1 is 0.867 bits per heavy atom. The third kappa shape index (κ3) is 2.77. The molecule has 3 aromatic carbocycles. The summed E-state index contributed by atoms with van der Waals surface area (Å²) in [5, 5.41) is 3.34. The van der Waals surface area contributed by atoms with E-state index in [1.54, 1.807) is 0 Å². The number of nitrogens with zero attached hydrogens (tertiary/aromatic N) is 1. The Balaban J connectivity index is 1.52. The number of benzene rings is 3. The molecule has 0 bridgehead atoms. The third-order valence-corrected chi connectivity index (χ3v) is 6.67. The Morgan fingerprint density at radius 2 is 1.53 bits per heavy atom. The second-order valence-electron chi connectivity index (χ2n) is 8.68. The smallest absolute Gasteiger partial charge is 0.223 e. The second kappa shape index (κ2) is 6.88. The SMILES string of the molecule is CC1(C)c2ccccc2N2CCC(=O)NC21C=Cc1ccc(-c2ccccc2)cc1. The number of carbonyl (C=O) groups excluding carboxylic acids is 1. The quantitative estimate of drug-likeness (QED) is 0.647. The Kier molecular flexibility index (Phi) is 4.28. The highest BCUT2D eigenvalue weighted by molar-refractivity contribution is 5.84. The molecule has 150 valence electrons. The number of rotatable bonds is 3. The van der Waals surface area contributed by atoms with Crippen molar-refractivity contribution in [3.8, 4) is 11.1 Å². The van der Waals surface area contributed by atoms with Crippen LogP contribution >= 0.6 is 0 Å². The van der Waals surface area contributed by atoms with Crippen LogP contribution in [0.1, 0.15) is 31.4 Å². The number of hydrogen-bond donors (Lipinski definition) is 1. The monoisotopic (exact) mass is 394 g/mol. The molecule has 3 nitrogen and oxygen atoms in total. The van der Waals surface area contributed by atoms with Crippen molar-refractivity contribution in [3.05, 3.63) is 96.1 Å². The van der Waals surface area contributed by atoms with Crippen LogP contribution in [0, 0.1) is 0 Å². The van der Waals surface area contributed by atoms with E-state index in [4.69, 9.17) is 0 Å². The van der Waals surface area contributed by atoms with Crippen LogP contribution in [0.2, 0.25) is 0 Å². The molecule has 2 heterocycles. The van der Waals surface area contributed by atoms with Crippen molar-refractivity contribution in [1.82, 2.24) is 5.32 Å². The predicted molar refractivity (Wildman–Crippen MR) is 123 cm³/mol. The molecule has 1 fully saturated rings. The summed E-state index contributed by atoms with van der Waals surface area (Å²) >= 11 is 0. The van der Waals surface area contributed by atoms with E-state index in [2.05, 4.69) is 109 Å². The van der Waals surface area contributed by atoms with E-state index in [0.29, 0.717) is 6.42 Å². The van der Waals surface area contributed by atoms with E-state index < -0.39 is 5.66 Å². The number of hydrogen-bond acceptors (Lipinski definition) is 2. The van der Waals surface area contributed by atoms with Gasteiger partial charge in [0.05, 0.1) is 0 Å². The molecule has 5 rings (SSSR count). The highest BCUT2D eigenvalue weighted by Crippen LogP contribution is 2.52. The number of amides is 1. The van der Waals surface area contributed by atoms with Gasteiger partial charge in [-0.1, -0.05) is 92.7 Å². The zero-order valence-electron chi connectivity index (χ0n) is 17.4. The molecule has 1 atom stereocenters. The lowest BCUT2D eigenvalue weighted by Crippen LogP contribution is -2.68. The highest BCUT2D eigenvalue weighted by Gasteiger charge is 2.57. The molecule has 0 radical (unpaired) electrons. The minimum absolute atomic E-state index is 0.108. The maximum atomic E-state index is 12.5. The van der Waals surface area contributed by atoms with Crippen molar-refractivity contribution in [1.29, 1.82) is 0 Å². The van der Waals surface area contributed by atoms with Gasteiger partial charge in [-0.05, 0) is 34.4 Å². The first-order valence-electron chi connectivity index (χ1n) is 10.5. The van der Waals surface area contributed by atoms with Gasteiger partial charge in [0.2, 0.25) is 5.91 Å². The number of para-hydroxylation sites is 1. The first-order valence-corrected chi connectivity index (χ1v) is 10.5. The van der Waals surface area contributed by atoms with E-state index in [-0.39, 0.29) is 11.3 Å². The van der Waals surface area contributed by atoms with Gasteiger partial charge in [-0.3, -0.25) is 4.79 Å². The van der Waals surface area contributed by atoms with Crippen LogP contribution < -0.4 is 10.2 Å². The van der Waals surface area contributed by atoms with Crippen LogP contribution in [0.5, 0.6) is 0 Å². The lowest BCUT2D eigenvalue weighted by atomic mass is 9.74. The minimum atomic E-state index is -0.565. The summed E-state index contributed by atoms with van der Waals surface area (Å²) in [5.74, 6) is 0.108. The molecule has 3 aromatic rings. The molecule has 2 aliphatic rings. The fourth-order valence-corrected chi connectivity index (χ4v) is 4.95. The largest absolute Gasteiger partial charge is 0.344 e. The van der Waals surface area contributed by atoms with E-state index in [1.807, 2.05) is 6.07 Å². The average molecular weight is 395 g/mol. The van der Waals surface area contributed by atoms with Gasteiger partial charge in [-0.2, -0.15) is 0 Å². The van der Waals surface area contributed by atoms with Crippen LogP contribution in [-0.2, 0) is 10.2 Å². The third-order valence-electron chi connectivity index (χ3n) is 6.67. The fourth-order valence-electron chi connectivity index (χ4n) is 4.95. The summed E-state index contributed by atoms with van der Waals surface area (Å²) in [6.45, 7) is 5.17. The van der Waals surface area contributed by atoms with Crippen LogP contribution in [0.25, 0.3) is 17.2 Å². The highest BCUT2D eigenvalue weighted by atomic mass is 16.2. The molecular weight excluding hydrogens is 368 g/mol. The maximum absolute atomic E-state index is 12.5. The second-order valence-corrected chi connectivity index (χ2v) is 8.68. The van der Waals surface area contributed by atoms with Gasteiger partial charge < -0.3 is 10.2 Å². The zero-order chi connectivity index (χ0) is 20.8. The maximum Gasteiger partial charge on any atom is 0.223 e. The Labute approximate surface area is 178 Å². The zero-order valence-corrected chi connectivity index (χ0v) is 17.4. The van der Waals surface area contributed by atoms with Gasteiger partial charge in [0.25, 0.3) is 0 Å². The predicted octanol–water partition coefficient (Wildman–Crippen LogP) is 5.38. The first-order chi connectivity index (χ1) is 14.5. The van der Waals surface area contributed by atoms with Gasteiger partial charge in [-0.15, -0.1) is 0 Å². The number of carbonyl (C=O) groups is 1. The van der Waals surface area contributed by atoms with E-state index in [1.165, 1.54) is 22.4 Å². The summed E-state index contributed by atoms with van der Waals surface area (Å²) < 4.78 is 0. The molecule has 0 aromatic heterocycles. The lowest BCUT2D eigenvalue weighted by molar-refractivity contribution is -0.124. The summed E-state index contributed by atoms with van der Waals surface area (Å²) in [5.41, 5.74) is 5.21. The van der Waals surface area contributed by atoms with Crippen molar-refractivity contribution in [2.75, 3.05) is 11.4 Å². The number of fused-ring (bicyclic) bond motifs is 3. The van der Waals surface area contributed by atoms with E-state index in [9.17, 15) is 4.79 Å². The van der Waals surface area contributed by atoms with Gasteiger partial charge in [0, 0.05) is 24.1 Å². The summed E-state index contributed by atoms with van der Waals surface area (Å²) in [4.78, 5) is 14.9. The average Bonchev–Trinajstić information content (AvgIpc) is 2.97. The number of nitrogens with one attached hydrogen (secondary N) is 1. The van der Waals surface area contributed by atoms with Crippen molar-refractivity contribution < 1.29 is 4.79 Å². The van der Waals surface area contributed by atoms with Gasteiger partial charge >= 0.3 is 0 Å². The molecule has 0 saturated carbocycles. The molecule has 30 heavy (non-hydrogen) atoms. The van der Waals surface area contributed by atoms with Crippen molar-refractivity contribution in [2.24, 2.45) is 0 Å². The minimum Gasteiger partial charge on any atom is -0.344 e. The van der Waals surface area contributed by atoms with Crippen LogP contribution in [0.15, 0.2) is 84.9 Å². The summed E-state index contributed by atoms with van der Waals surface area (Å²) in [6, 6.07) is 27.5. The van der Waals surface area contributed by atoms with E-state index >= 15 is 0 Å². The van der Waals surface area contributed by atoms with Crippen molar-refractivity contribution >= 4 is 17.7 Å². The summed E-state index contributed by atoms with van der Waals surface area (Å²) in [7, 11) is 0. The topological polar surface area (TPSA) is 32.3 Å². The molecule has 0 spiro atoms. The van der Waals surface area contributed by atoms with Crippen LogP contribution in [0.3, 0.4) is 0 Å². The molecule has 2 aliphatic heterocycles. The van der Waals surface area contributed by atoms with Crippen molar-refractivity contribution in [3.63, 3.8) is 0 Å². The first kappa shape index (κ1) is 18.7. The normalized spacial score (nSPS) is 21.9. The standard InChI is InChI=1S/C27H26N2O/c1-26(2)23-10-6-7-11-24(23)29-19-17-25(30)28-27(26,29)18-16-20-12-14-22(15-13-20)21-8-4-3-5-9-21/h3-16,18H,17,19H2,1-2H3,(H,28,30). The lowest BCUT2D eigenvalue weighted by Gasteiger charge is -2.49. The molecular formula is C27H26N2O. The van der Waals surface area contributed by atoms with Gasteiger partial charge in [0.15, 0.2) is 0 Å². The van der Waals surface area contributed by atoms with Crippen LogP contribution in [0.4, 0.5) is 5.69 Å². The fraction of sp³-hybridized carbons (Fsp3) is 0.222. The van der Waals surface area contributed by atoms with E-state index in [0.717, 1.165) is 12.1 Å². The molecule has 0 aliphatic carbocycles. The molecule has 1 amide bonds. The van der Waals surface area contributed by atoms with Gasteiger partial charge in [-0.25, -0.2) is 0 Å². The summed E-state index contributed by atoms with van der Waals surface area (Å²) in [6.07, 6.45) is 4.84. The molecule has 3 heteroatoms. The number of anilines is 1. The Morgan fingerprint density at radius 3 is 2.30 bits per heavy atom. The van der Waals surface area contributed by atoms with Gasteiger partial charge in [0.1, 0.15) is 5.66 Å². The molecule has 1 saturated heterocycles. The van der Waals surface area contributed by atoms with Crippen molar-refractivity contribution in [2.45, 2.75) is 31.3 Å². The molecule has 1 N–H and O–H groups in total. The molecule has 1 unspecified atom stereocenters. The Hall–Kier alpha value is -3.33.